The Labute approximate surface area is 130 Å². The number of pyridine rings is 1. The highest BCUT2D eigenvalue weighted by Crippen LogP contribution is 2.24. The topological polar surface area (TPSA) is 88.5 Å². The fourth-order valence-electron chi connectivity index (χ4n) is 1.83. The molecule has 6 nitrogen and oxygen atoms in total. The summed E-state index contributed by atoms with van der Waals surface area (Å²) in [5.74, 6) is 0. The average molecular weight is 386 g/mol. The van der Waals surface area contributed by atoms with Gasteiger partial charge in [-0.25, -0.2) is 18.1 Å². The maximum atomic E-state index is 12.2. The fraction of sp³-hybridized carbons (Fsp3) is 0.545. The monoisotopic (exact) mass is 384 g/mol. The Hall–Kier alpha value is -0.250. The SMILES string of the molecule is O=S(=O)(NCC1(O)CCOCC1)c1cc(Br)cnc1Cl. The van der Waals surface area contributed by atoms with Crippen LogP contribution in [-0.2, 0) is 14.8 Å². The maximum absolute atomic E-state index is 12.2. The standard InChI is InChI=1S/C11H14BrClN2O4S/c12-8-5-9(10(13)14-6-8)20(17,18)15-7-11(16)1-3-19-4-2-11/h5-6,15-16H,1-4,7H2. The highest BCUT2D eigenvalue weighted by molar-refractivity contribution is 9.10. The quantitative estimate of drug-likeness (QED) is 0.763. The van der Waals surface area contributed by atoms with Gasteiger partial charge in [-0.1, -0.05) is 11.6 Å². The lowest BCUT2D eigenvalue weighted by Gasteiger charge is -2.31. The number of nitrogens with zero attached hydrogens (tertiary/aromatic N) is 1. The van der Waals surface area contributed by atoms with Crippen molar-refractivity contribution in [1.29, 1.82) is 0 Å². The molecule has 0 unspecified atom stereocenters. The summed E-state index contributed by atoms with van der Waals surface area (Å²) in [7, 11) is -3.83. The molecule has 0 aliphatic carbocycles. The second kappa shape index (κ2) is 6.25. The lowest BCUT2D eigenvalue weighted by atomic mass is 9.95. The first-order valence-electron chi connectivity index (χ1n) is 5.93. The number of aromatic nitrogens is 1. The zero-order chi connectivity index (χ0) is 14.8. The summed E-state index contributed by atoms with van der Waals surface area (Å²) >= 11 is 8.95. The van der Waals surface area contributed by atoms with Crippen LogP contribution in [0.3, 0.4) is 0 Å². The molecule has 0 saturated carbocycles. The number of hydrogen-bond donors (Lipinski definition) is 2. The molecule has 1 aliphatic rings. The molecule has 0 aromatic carbocycles. The van der Waals surface area contributed by atoms with E-state index in [0.29, 0.717) is 30.5 Å². The van der Waals surface area contributed by atoms with Crippen LogP contribution in [0.5, 0.6) is 0 Å². The molecular formula is C11H14BrClN2O4S. The third kappa shape index (κ3) is 3.90. The van der Waals surface area contributed by atoms with Crippen molar-refractivity contribution in [2.24, 2.45) is 0 Å². The summed E-state index contributed by atoms with van der Waals surface area (Å²) in [5, 5.41) is 10.1. The summed E-state index contributed by atoms with van der Waals surface area (Å²) in [6, 6.07) is 1.37. The molecule has 0 atom stereocenters. The minimum absolute atomic E-state index is 0.0818. The van der Waals surface area contributed by atoms with E-state index in [4.69, 9.17) is 16.3 Å². The van der Waals surface area contributed by atoms with Gasteiger partial charge in [0.2, 0.25) is 10.0 Å². The molecule has 2 rings (SSSR count). The van der Waals surface area contributed by atoms with Crippen LogP contribution in [0.25, 0.3) is 0 Å². The molecule has 9 heteroatoms. The van der Waals surface area contributed by atoms with Crippen molar-refractivity contribution in [1.82, 2.24) is 9.71 Å². The van der Waals surface area contributed by atoms with E-state index < -0.39 is 15.6 Å². The number of hydrogen-bond acceptors (Lipinski definition) is 5. The van der Waals surface area contributed by atoms with Crippen LogP contribution in [0, 0.1) is 0 Å². The Morgan fingerprint density at radius 2 is 2.15 bits per heavy atom. The highest BCUT2D eigenvalue weighted by Gasteiger charge is 2.32. The van der Waals surface area contributed by atoms with Gasteiger partial charge in [0.05, 0.1) is 5.60 Å². The van der Waals surface area contributed by atoms with Crippen LogP contribution in [0.4, 0.5) is 0 Å². The van der Waals surface area contributed by atoms with Crippen LogP contribution >= 0.6 is 27.5 Å². The third-order valence-electron chi connectivity index (χ3n) is 3.08. The van der Waals surface area contributed by atoms with Gasteiger partial charge in [-0.3, -0.25) is 0 Å². The van der Waals surface area contributed by atoms with E-state index >= 15 is 0 Å². The van der Waals surface area contributed by atoms with Crippen LogP contribution in [0.15, 0.2) is 21.6 Å². The van der Waals surface area contributed by atoms with Gasteiger partial charge in [0, 0.05) is 43.3 Å². The van der Waals surface area contributed by atoms with Crippen molar-refractivity contribution in [3.63, 3.8) is 0 Å². The molecule has 0 radical (unpaired) electrons. The number of halogens is 2. The second-order valence-corrected chi connectivity index (χ2v) is 7.61. The predicted octanol–water partition coefficient (Wildman–Crippen LogP) is 1.32. The largest absolute Gasteiger partial charge is 0.388 e. The van der Waals surface area contributed by atoms with Crippen molar-refractivity contribution in [2.45, 2.75) is 23.3 Å². The van der Waals surface area contributed by atoms with Gasteiger partial charge in [0.25, 0.3) is 0 Å². The second-order valence-electron chi connectivity index (χ2n) is 4.60. The molecule has 1 saturated heterocycles. The maximum Gasteiger partial charge on any atom is 0.243 e. The van der Waals surface area contributed by atoms with Crippen molar-refractivity contribution < 1.29 is 18.3 Å². The normalized spacial score (nSPS) is 18.9. The van der Waals surface area contributed by atoms with Gasteiger partial charge in [-0.2, -0.15) is 0 Å². The Balaban J connectivity index is 2.13. The van der Waals surface area contributed by atoms with Crippen molar-refractivity contribution in [3.05, 3.63) is 21.9 Å². The summed E-state index contributed by atoms with van der Waals surface area (Å²) in [5.41, 5.74) is -1.09. The third-order valence-corrected chi connectivity index (χ3v) is 5.34. The van der Waals surface area contributed by atoms with E-state index in [2.05, 4.69) is 25.6 Å². The van der Waals surface area contributed by atoms with Crippen molar-refractivity contribution in [2.75, 3.05) is 19.8 Å². The molecule has 20 heavy (non-hydrogen) atoms. The molecule has 1 aromatic heterocycles. The van der Waals surface area contributed by atoms with Gasteiger partial charge in [-0.15, -0.1) is 0 Å². The zero-order valence-electron chi connectivity index (χ0n) is 10.5. The van der Waals surface area contributed by atoms with E-state index in [1.807, 2.05) is 0 Å². The van der Waals surface area contributed by atoms with E-state index in [1.54, 1.807) is 0 Å². The molecule has 2 heterocycles. The molecule has 1 aromatic rings. The van der Waals surface area contributed by atoms with E-state index in [9.17, 15) is 13.5 Å². The minimum Gasteiger partial charge on any atom is -0.388 e. The first-order valence-corrected chi connectivity index (χ1v) is 8.59. The number of aliphatic hydroxyl groups is 1. The lowest BCUT2D eigenvalue weighted by molar-refractivity contribution is -0.0588. The molecule has 112 valence electrons. The van der Waals surface area contributed by atoms with E-state index in [1.165, 1.54) is 12.3 Å². The van der Waals surface area contributed by atoms with Crippen molar-refractivity contribution >= 4 is 37.6 Å². The first-order chi connectivity index (χ1) is 9.32. The van der Waals surface area contributed by atoms with Gasteiger partial charge in [0.1, 0.15) is 10.0 Å². The van der Waals surface area contributed by atoms with Gasteiger partial charge in [-0.05, 0) is 22.0 Å². The Morgan fingerprint density at radius 3 is 2.80 bits per heavy atom. The molecule has 1 aliphatic heterocycles. The summed E-state index contributed by atoms with van der Waals surface area (Å²) in [6.07, 6.45) is 2.19. The molecule has 1 fully saturated rings. The Morgan fingerprint density at radius 1 is 1.50 bits per heavy atom. The van der Waals surface area contributed by atoms with Gasteiger partial charge in [0.15, 0.2) is 0 Å². The number of rotatable bonds is 4. The minimum atomic E-state index is -3.83. The highest BCUT2D eigenvalue weighted by atomic mass is 79.9. The Kier molecular flexibility index (Phi) is 5.04. The molecule has 2 N–H and O–H groups in total. The van der Waals surface area contributed by atoms with Crippen LogP contribution < -0.4 is 4.72 Å². The first kappa shape index (κ1) is 16.1. The fourth-order valence-corrected chi connectivity index (χ4v) is 3.89. The number of sulfonamides is 1. The number of ether oxygens (including phenoxy) is 1. The number of nitrogens with one attached hydrogen (secondary N) is 1. The van der Waals surface area contributed by atoms with Crippen LogP contribution in [0.1, 0.15) is 12.8 Å². The summed E-state index contributed by atoms with van der Waals surface area (Å²) < 4.78 is 32.4. The average Bonchev–Trinajstić information content (AvgIpc) is 2.40. The summed E-state index contributed by atoms with van der Waals surface area (Å²) in [4.78, 5) is 3.65. The molecule has 0 bridgehead atoms. The molecular weight excluding hydrogens is 372 g/mol. The molecule has 0 amide bonds. The van der Waals surface area contributed by atoms with Crippen LogP contribution in [-0.4, -0.2) is 43.9 Å². The van der Waals surface area contributed by atoms with Gasteiger partial charge < -0.3 is 9.84 Å². The van der Waals surface area contributed by atoms with E-state index in [-0.39, 0.29) is 16.6 Å². The van der Waals surface area contributed by atoms with E-state index in [0.717, 1.165) is 0 Å². The van der Waals surface area contributed by atoms with Crippen LogP contribution in [0.2, 0.25) is 5.15 Å². The zero-order valence-corrected chi connectivity index (χ0v) is 13.6. The predicted molar refractivity (Wildman–Crippen MR) is 77.1 cm³/mol. The summed E-state index contributed by atoms with van der Waals surface area (Å²) in [6.45, 7) is 0.746. The van der Waals surface area contributed by atoms with Gasteiger partial charge >= 0.3 is 0 Å². The molecule has 0 spiro atoms. The lowest BCUT2D eigenvalue weighted by Crippen LogP contribution is -2.46. The smallest absolute Gasteiger partial charge is 0.243 e. The Bertz CT molecular complexity index is 590. The van der Waals surface area contributed by atoms with Crippen molar-refractivity contribution in [3.8, 4) is 0 Å².